The lowest BCUT2D eigenvalue weighted by atomic mass is 10.6. The molecule has 0 aromatic carbocycles. The van der Waals surface area contributed by atoms with Crippen molar-refractivity contribution >= 4 is 14.3 Å². The minimum absolute atomic E-state index is 0.477. The van der Waals surface area contributed by atoms with Crippen LogP contribution in [0.2, 0.25) is 0 Å². The van der Waals surface area contributed by atoms with Crippen LogP contribution in [0.15, 0.2) is 4.76 Å². The molecule has 1 unspecified atom stereocenters. The Balaban J connectivity index is 2.73. The minimum Gasteiger partial charge on any atom is -0.344 e. The van der Waals surface area contributed by atoms with E-state index in [1.54, 1.807) is 7.11 Å². The monoisotopic (exact) mass is 217 g/mol. The van der Waals surface area contributed by atoms with Gasteiger partial charge < -0.3 is 14.3 Å². The highest BCUT2D eigenvalue weighted by atomic mass is 31.2. The normalized spacial score (nSPS) is 19.4. The van der Waals surface area contributed by atoms with Crippen molar-refractivity contribution in [2.75, 3.05) is 34.3 Å². The second kappa shape index (κ2) is 4.94. The van der Waals surface area contributed by atoms with Crippen LogP contribution in [-0.4, -0.2) is 55.7 Å². The third-order valence-electron chi connectivity index (χ3n) is 2.27. The molecule has 0 radical (unpaired) electrons. The van der Waals surface area contributed by atoms with E-state index in [1.165, 1.54) is 0 Å². The summed E-state index contributed by atoms with van der Waals surface area (Å²) in [6, 6.07) is 0. The summed E-state index contributed by atoms with van der Waals surface area (Å²) in [5.41, 5.74) is 0.477. The second-order valence-corrected chi connectivity index (χ2v) is 6.02. The van der Waals surface area contributed by atoms with E-state index >= 15 is 0 Å². The van der Waals surface area contributed by atoms with Gasteiger partial charge in [-0.2, -0.15) is 4.76 Å². The summed E-state index contributed by atoms with van der Waals surface area (Å²) in [7, 11) is 5.21. The zero-order chi connectivity index (χ0) is 10.7. The van der Waals surface area contributed by atoms with Gasteiger partial charge in [0.15, 0.2) is 8.30 Å². The highest BCUT2D eigenvalue weighted by Crippen LogP contribution is 2.43. The van der Waals surface area contributed by atoms with E-state index in [0.717, 1.165) is 19.0 Å². The molecule has 5 heteroatoms. The van der Waals surface area contributed by atoms with Crippen LogP contribution >= 0.6 is 8.30 Å². The van der Waals surface area contributed by atoms with Crippen LogP contribution < -0.4 is 0 Å². The second-order valence-electron chi connectivity index (χ2n) is 3.82. The lowest BCUT2D eigenvalue weighted by Crippen LogP contribution is -2.28. The van der Waals surface area contributed by atoms with Crippen LogP contribution in [-0.2, 0) is 4.52 Å². The third-order valence-corrected chi connectivity index (χ3v) is 3.90. The number of rotatable bonds is 3. The van der Waals surface area contributed by atoms with Crippen molar-refractivity contribution < 1.29 is 4.52 Å². The van der Waals surface area contributed by atoms with Crippen LogP contribution in [0, 0.1) is 0 Å². The SMILES string of the molecule is COP(N=C1N(C)CCN1C)C(C)C. The predicted octanol–water partition coefficient (Wildman–Crippen LogP) is 1.59. The minimum atomic E-state index is -0.677. The van der Waals surface area contributed by atoms with Crippen LogP contribution in [0.5, 0.6) is 0 Å². The number of hydrogen-bond donors (Lipinski definition) is 0. The van der Waals surface area contributed by atoms with Gasteiger partial charge in [0.05, 0.1) is 0 Å². The first-order valence-corrected chi connectivity index (χ1v) is 6.18. The number of hydrogen-bond acceptors (Lipinski definition) is 2. The zero-order valence-electron chi connectivity index (χ0n) is 9.69. The van der Waals surface area contributed by atoms with Crippen molar-refractivity contribution in [1.82, 2.24) is 9.80 Å². The molecule has 14 heavy (non-hydrogen) atoms. The quantitative estimate of drug-likeness (QED) is 0.672. The smallest absolute Gasteiger partial charge is 0.202 e. The summed E-state index contributed by atoms with van der Waals surface area (Å²) in [6.07, 6.45) is 0. The summed E-state index contributed by atoms with van der Waals surface area (Å²) in [4.78, 5) is 4.35. The molecule has 0 saturated carbocycles. The molecule has 0 aliphatic carbocycles. The summed E-state index contributed by atoms with van der Waals surface area (Å²) in [6.45, 7) is 6.41. The molecule has 0 aromatic heterocycles. The van der Waals surface area contributed by atoms with Crippen molar-refractivity contribution in [3.63, 3.8) is 0 Å². The van der Waals surface area contributed by atoms with Gasteiger partial charge in [0.2, 0.25) is 5.96 Å². The number of nitrogens with zero attached hydrogens (tertiary/aromatic N) is 3. The van der Waals surface area contributed by atoms with Crippen molar-refractivity contribution in [2.24, 2.45) is 4.76 Å². The lowest BCUT2D eigenvalue weighted by Gasteiger charge is -2.20. The Morgan fingerprint density at radius 2 is 1.79 bits per heavy atom. The maximum Gasteiger partial charge on any atom is 0.202 e. The highest BCUT2D eigenvalue weighted by molar-refractivity contribution is 7.52. The molecule has 1 rings (SSSR count). The Bertz CT molecular complexity index is 208. The molecular weight excluding hydrogens is 197 g/mol. The molecule has 82 valence electrons. The molecule has 1 atom stereocenters. The summed E-state index contributed by atoms with van der Waals surface area (Å²) in [5, 5.41) is 0. The van der Waals surface area contributed by atoms with E-state index in [2.05, 4.69) is 42.5 Å². The molecule has 0 bridgehead atoms. The Morgan fingerprint density at radius 1 is 1.29 bits per heavy atom. The van der Waals surface area contributed by atoms with E-state index in [4.69, 9.17) is 4.52 Å². The van der Waals surface area contributed by atoms with Gasteiger partial charge in [-0.25, -0.2) is 0 Å². The molecule has 0 spiro atoms. The lowest BCUT2D eigenvalue weighted by molar-refractivity contribution is 0.454. The summed E-state index contributed by atoms with van der Waals surface area (Å²) >= 11 is 0. The van der Waals surface area contributed by atoms with Gasteiger partial charge in [-0.05, 0) is 0 Å². The van der Waals surface area contributed by atoms with Crippen molar-refractivity contribution in [2.45, 2.75) is 19.5 Å². The molecule has 4 nitrogen and oxygen atoms in total. The van der Waals surface area contributed by atoms with Crippen LogP contribution in [0.3, 0.4) is 0 Å². The average molecular weight is 217 g/mol. The van der Waals surface area contributed by atoms with Gasteiger partial charge in [-0.1, -0.05) is 13.8 Å². The number of guanidine groups is 1. The van der Waals surface area contributed by atoms with Gasteiger partial charge in [0.25, 0.3) is 0 Å². The maximum absolute atomic E-state index is 5.39. The van der Waals surface area contributed by atoms with Crippen LogP contribution in [0.1, 0.15) is 13.8 Å². The summed E-state index contributed by atoms with van der Waals surface area (Å²) < 4.78 is 10.1. The fourth-order valence-corrected chi connectivity index (χ4v) is 2.62. The summed E-state index contributed by atoms with van der Waals surface area (Å²) in [5.74, 6) is 1.06. The van der Waals surface area contributed by atoms with Gasteiger partial charge >= 0.3 is 0 Å². The Labute approximate surface area is 87.8 Å². The molecule has 0 aromatic rings. The third kappa shape index (κ3) is 2.58. The fraction of sp³-hybridized carbons (Fsp3) is 0.889. The highest BCUT2D eigenvalue weighted by Gasteiger charge is 2.22. The van der Waals surface area contributed by atoms with E-state index in [-0.39, 0.29) is 0 Å². The van der Waals surface area contributed by atoms with Gasteiger partial charge in [-0.3, -0.25) is 0 Å². The average Bonchev–Trinajstić information content (AvgIpc) is 2.43. The van der Waals surface area contributed by atoms with Gasteiger partial charge in [-0.15, -0.1) is 0 Å². The topological polar surface area (TPSA) is 28.1 Å². The zero-order valence-corrected chi connectivity index (χ0v) is 10.6. The predicted molar refractivity (Wildman–Crippen MR) is 61.8 cm³/mol. The molecule has 1 aliphatic heterocycles. The molecule has 1 fully saturated rings. The first-order valence-electron chi connectivity index (χ1n) is 4.90. The molecule has 0 amide bonds. The first-order chi connectivity index (χ1) is 6.56. The molecule has 1 aliphatic rings. The fourth-order valence-electron chi connectivity index (χ4n) is 1.40. The van der Waals surface area contributed by atoms with Crippen molar-refractivity contribution in [1.29, 1.82) is 0 Å². The molecule has 0 N–H and O–H groups in total. The van der Waals surface area contributed by atoms with E-state index in [0.29, 0.717) is 5.66 Å². The standard InChI is InChI=1S/C9H20N3OP/c1-8(2)14(13-5)10-9-11(3)6-7-12(9)4/h8H,6-7H2,1-5H3. The Hall–Kier alpha value is -0.340. The van der Waals surface area contributed by atoms with Crippen LogP contribution in [0.25, 0.3) is 0 Å². The van der Waals surface area contributed by atoms with Gasteiger partial charge in [0.1, 0.15) is 0 Å². The maximum atomic E-state index is 5.39. The van der Waals surface area contributed by atoms with Gasteiger partial charge in [0, 0.05) is 40.0 Å². The molecule has 1 heterocycles. The van der Waals surface area contributed by atoms with E-state index in [1.807, 2.05) is 0 Å². The van der Waals surface area contributed by atoms with E-state index < -0.39 is 8.30 Å². The number of likely N-dealkylation sites (N-methyl/N-ethyl adjacent to an activating group) is 2. The Kier molecular flexibility index (Phi) is 4.14. The first kappa shape index (κ1) is 11.7. The van der Waals surface area contributed by atoms with E-state index in [9.17, 15) is 0 Å². The van der Waals surface area contributed by atoms with Crippen LogP contribution in [0.4, 0.5) is 0 Å². The Morgan fingerprint density at radius 3 is 2.14 bits per heavy atom. The van der Waals surface area contributed by atoms with Crippen molar-refractivity contribution in [3.05, 3.63) is 0 Å². The molecular formula is C9H20N3OP. The van der Waals surface area contributed by atoms with Crippen molar-refractivity contribution in [3.8, 4) is 0 Å². The largest absolute Gasteiger partial charge is 0.344 e. The molecule has 1 saturated heterocycles.